The molecule has 2 aromatic rings. The van der Waals surface area contributed by atoms with E-state index < -0.39 is 0 Å². The van der Waals surface area contributed by atoms with E-state index in [-0.39, 0.29) is 0 Å². The van der Waals surface area contributed by atoms with Crippen LogP contribution in [-0.2, 0) is 6.54 Å². The molecule has 118 valence electrons. The summed E-state index contributed by atoms with van der Waals surface area (Å²) in [5.74, 6) is 0.847. The van der Waals surface area contributed by atoms with Gasteiger partial charge < -0.3 is 9.64 Å². The van der Waals surface area contributed by atoms with Crippen LogP contribution in [0, 0.1) is 0 Å². The average Bonchev–Trinajstić information content (AvgIpc) is 2.53. The lowest BCUT2D eigenvalue weighted by Crippen LogP contribution is -2.46. The van der Waals surface area contributed by atoms with Crippen LogP contribution in [0.2, 0.25) is 0 Å². The first-order chi connectivity index (χ1) is 10.7. The van der Waals surface area contributed by atoms with Gasteiger partial charge in [0.15, 0.2) is 0 Å². The fraction of sp³-hybridized carbons (Fsp3) is 0.500. The summed E-state index contributed by atoms with van der Waals surface area (Å²) in [4.78, 5) is 9.66. The number of pyridine rings is 1. The molecule has 4 heteroatoms. The molecule has 0 amide bonds. The number of para-hydroxylation sites is 1. The predicted octanol–water partition coefficient (Wildman–Crippen LogP) is 3.64. The minimum absolute atomic E-state index is 0.454. The number of hydrogen-bond acceptors (Lipinski definition) is 4. The zero-order valence-corrected chi connectivity index (χ0v) is 14.0. The largest absolute Gasteiger partial charge is 0.494 e. The number of fused-ring (bicyclic) bond motifs is 3. The first kappa shape index (κ1) is 15.1. The summed E-state index contributed by atoms with van der Waals surface area (Å²) in [5.41, 5.74) is 3.60. The van der Waals surface area contributed by atoms with E-state index >= 15 is 0 Å². The van der Waals surface area contributed by atoms with Gasteiger partial charge in [0, 0.05) is 29.7 Å². The van der Waals surface area contributed by atoms with Gasteiger partial charge in [-0.25, -0.2) is 0 Å². The summed E-state index contributed by atoms with van der Waals surface area (Å²) < 4.78 is 5.48. The average molecular weight is 299 g/mol. The topological polar surface area (TPSA) is 28.6 Å². The summed E-state index contributed by atoms with van der Waals surface area (Å²) in [6, 6.07) is 6.65. The Kier molecular flexibility index (Phi) is 4.21. The van der Waals surface area contributed by atoms with Crippen molar-refractivity contribution in [2.45, 2.75) is 39.8 Å². The van der Waals surface area contributed by atoms with Crippen LogP contribution in [0.15, 0.2) is 24.4 Å². The normalized spacial score (nSPS) is 15.4. The molecule has 1 aliphatic heterocycles. The second-order valence-electron chi connectivity index (χ2n) is 6.25. The Balaban J connectivity index is 2.17. The van der Waals surface area contributed by atoms with E-state index in [2.05, 4.69) is 47.7 Å². The quantitative estimate of drug-likeness (QED) is 0.862. The molecule has 0 spiro atoms. The minimum Gasteiger partial charge on any atom is -0.494 e. The van der Waals surface area contributed by atoms with Crippen LogP contribution in [-0.4, -0.2) is 36.2 Å². The van der Waals surface area contributed by atoms with Crippen LogP contribution in [0.25, 0.3) is 10.9 Å². The van der Waals surface area contributed by atoms with Crippen LogP contribution in [0.4, 0.5) is 5.69 Å². The fourth-order valence-electron chi connectivity index (χ4n) is 3.31. The summed E-state index contributed by atoms with van der Waals surface area (Å²) in [6.45, 7) is 9.83. The van der Waals surface area contributed by atoms with E-state index in [4.69, 9.17) is 4.74 Å². The van der Waals surface area contributed by atoms with E-state index in [9.17, 15) is 0 Å². The van der Waals surface area contributed by atoms with Crippen LogP contribution >= 0.6 is 0 Å². The molecule has 0 unspecified atom stereocenters. The second kappa shape index (κ2) is 6.13. The van der Waals surface area contributed by atoms with Gasteiger partial charge in [-0.1, -0.05) is 19.1 Å². The third-order valence-electron chi connectivity index (χ3n) is 4.32. The van der Waals surface area contributed by atoms with Crippen LogP contribution in [0.5, 0.6) is 5.75 Å². The number of benzene rings is 1. The molecule has 3 rings (SSSR count). The molecule has 1 aliphatic rings. The number of rotatable bonds is 4. The van der Waals surface area contributed by atoms with Crippen molar-refractivity contribution in [2.24, 2.45) is 0 Å². The van der Waals surface area contributed by atoms with Crippen molar-refractivity contribution in [3.05, 3.63) is 30.0 Å². The van der Waals surface area contributed by atoms with Crippen molar-refractivity contribution in [1.82, 2.24) is 9.88 Å². The third kappa shape index (κ3) is 2.52. The van der Waals surface area contributed by atoms with Crippen LogP contribution in [0.3, 0.4) is 0 Å². The maximum atomic E-state index is 5.48. The molecule has 0 aliphatic carbocycles. The SMILES string of the molecule is CCCN1Cc2cnc3c(OC)cccc3c2N(C(C)C)C1. The van der Waals surface area contributed by atoms with Crippen molar-refractivity contribution in [2.75, 3.05) is 25.2 Å². The number of hydrogen-bond donors (Lipinski definition) is 0. The van der Waals surface area contributed by atoms with Gasteiger partial charge in [0.25, 0.3) is 0 Å². The summed E-state index contributed by atoms with van der Waals surface area (Å²) in [6.07, 6.45) is 3.20. The van der Waals surface area contributed by atoms with E-state index in [0.29, 0.717) is 6.04 Å². The highest BCUT2D eigenvalue weighted by atomic mass is 16.5. The summed E-state index contributed by atoms with van der Waals surface area (Å²) in [7, 11) is 1.71. The van der Waals surface area contributed by atoms with Crippen molar-refractivity contribution >= 4 is 16.6 Å². The van der Waals surface area contributed by atoms with Gasteiger partial charge in [0.2, 0.25) is 0 Å². The maximum absolute atomic E-state index is 5.48. The zero-order valence-electron chi connectivity index (χ0n) is 14.0. The van der Waals surface area contributed by atoms with E-state index in [1.54, 1.807) is 7.11 Å². The molecule has 0 N–H and O–H groups in total. The first-order valence-electron chi connectivity index (χ1n) is 8.09. The van der Waals surface area contributed by atoms with Crippen molar-refractivity contribution in [3.8, 4) is 5.75 Å². The molecule has 22 heavy (non-hydrogen) atoms. The van der Waals surface area contributed by atoms with Crippen molar-refractivity contribution < 1.29 is 4.74 Å². The molecule has 0 atom stereocenters. The number of nitrogens with zero attached hydrogens (tertiary/aromatic N) is 3. The fourth-order valence-corrected chi connectivity index (χ4v) is 3.31. The van der Waals surface area contributed by atoms with Crippen molar-refractivity contribution in [3.63, 3.8) is 0 Å². The number of aromatic nitrogens is 1. The van der Waals surface area contributed by atoms with Gasteiger partial charge in [-0.3, -0.25) is 9.88 Å². The van der Waals surface area contributed by atoms with Gasteiger partial charge in [0.05, 0.1) is 19.5 Å². The van der Waals surface area contributed by atoms with Crippen LogP contribution in [0.1, 0.15) is 32.8 Å². The Labute approximate surface area is 132 Å². The molecular formula is C18H25N3O. The summed E-state index contributed by atoms with van der Waals surface area (Å²) in [5, 5.41) is 1.20. The molecular weight excluding hydrogens is 274 g/mol. The second-order valence-corrected chi connectivity index (χ2v) is 6.25. The highest BCUT2D eigenvalue weighted by Crippen LogP contribution is 2.37. The van der Waals surface area contributed by atoms with Gasteiger partial charge in [-0.15, -0.1) is 0 Å². The number of anilines is 1. The molecule has 2 heterocycles. The maximum Gasteiger partial charge on any atom is 0.145 e. The summed E-state index contributed by atoms with van der Waals surface area (Å²) >= 11 is 0. The highest BCUT2D eigenvalue weighted by molar-refractivity contribution is 5.97. The van der Waals surface area contributed by atoms with E-state index in [1.165, 1.54) is 23.1 Å². The molecule has 0 radical (unpaired) electrons. The lowest BCUT2D eigenvalue weighted by Gasteiger charge is -2.41. The monoisotopic (exact) mass is 299 g/mol. The standard InChI is InChI=1S/C18H25N3O/c1-5-9-20-11-14-10-19-17-15(7-6-8-16(17)22-4)18(14)21(12-20)13(2)3/h6-8,10,13H,5,9,11-12H2,1-4H3. The lowest BCUT2D eigenvalue weighted by molar-refractivity contribution is 0.246. The minimum atomic E-state index is 0.454. The van der Waals surface area contributed by atoms with E-state index in [0.717, 1.165) is 31.0 Å². The van der Waals surface area contributed by atoms with Gasteiger partial charge in [-0.05, 0) is 32.9 Å². The predicted molar refractivity (Wildman–Crippen MR) is 91.5 cm³/mol. The van der Waals surface area contributed by atoms with Crippen molar-refractivity contribution in [1.29, 1.82) is 0 Å². The molecule has 0 saturated carbocycles. The van der Waals surface area contributed by atoms with E-state index in [1.807, 2.05) is 12.3 Å². The lowest BCUT2D eigenvalue weighted by atomic mass is 10.0. The van der Waals surface area contributed by atoms with Crippen LogP contribution < -0.4 is 9.64 Å². The Morgan fingerprint density at radius 2 is 2.14 bits per heavy atom. The smallest absolute Gasteiger partial charge is 0.145 e. The number of methoxy groups -OCH3 is 1. The first-order valence-corrected chi connectivity index (χ1v) is 8.09. The molecule has 4 nitrogen and oxygen atoms in total. The molecule has 0 saturated heterocycles. The highest BCUT2D eigenvalue weighted by Gasteiger charge is 2.26. The Morgan fingerprint density at radius 3 is 2.82 bits per heavy atom. The van der Waals surface area contributed by atoms with Gasteiger partial charge in [-0.2, -0.15) is 0 Å². The number of ether oxygens (including phenoxy) is 1. The molecule has 0 bridgehead atoms. The Hall–Kier alpha value is -1.81. The van der Waals surface area contributed by atoms with Gasteiger partial charge >= 0.3 is 0 Å². The molecule has 1 aromatic carbocycles. The molecule has 1 aromatic heterocycles. The Bertz CT molecular complexity index is 669. The molecule has 0 fully saturated rings. The third-order valence-corrected chi connectivity index (χ3v) is 4.32. The Morgan fingerprint density at radius 1 is 1.32 bits per heavy atom. The van der Waals surface area contributed by atoms with Gasteiger partial charge in [0.1, 0.15) is 11.3 Å². The zero-order chi connectivity index (χ0) is 15.7.